The monoisotopic (exact) mass is 485 g/mol. The minimum atomic E-state index is -0.189. The average Bonchev–Trinajstić information content (AvgIpc) is 3.14. The Kier molecular flexibility index (Phi) is 7.57. The van der Waals surface area contributed by atoms with E-state index >= 15 is 0 Å². The second-order valence-corrected chi connectivity index (χ2v) is 8.74. The van der Waals surface area contributed by atoms with E-state index in [1.807, 2.05) is 4.90 Å². The number of aromatic hydroxyl groups is 1. The third-order valence-electron chi connectivity index (χ3n) is 4.87. The minimum Gasteiger partial charge on any atom is -0.504 e. The molecule has 0 atom stereocenters. The summed E-state index contributed by atoms with van der Waals surface area (Å²) in [7, 11) is 1.40. The maximum absolute atomic E-state index is 11.8. The van der Waals surface area contributed by atoms with Gasteiger partial charge in [0, 0.05) is 24.7 Å². The number of hydrazone groups is 1. The van der Waals surface area contributed by atoms with Crippen molar-refractivity contribution in [2.75, 3.05) is 25.2 Å². The second kappa shape index (κ2) is 9.96. The lowest BCUT2D eigenvalue weighted by molar-refractivity contribution is -0.146. The maximum Gasteiger partial charge on any atom is 0.308 e. The summed E-state index contributed by atoms with van der Waals surface area (Å²) in [6, 6.07) is 5.20. The summed E-state index contributed by atoms with van der Waals surface area (Å²) in [5.74, 6) is -0.241. The number of rotatable bonds is 4. The number of hydrogen-bond donors (Lipinski definition) is 1. The van der Waals surface area contributed by atoms with Crippen molar-refractivity contribution in [1.29, 1.82) is 0 Å². The number of methoxy groups -OCH3 is 1. The summed E-state index contributed by atoms with van der Waals surface area (Å²) in [5, 5.41) is 20.0. The average molecular weight is 486 g/mol. The predicted octanol–water partition coefficient (Wildman–Crippen LogP) is 5.41. The van der Waals surface area contributed by atoms with E-state index in [2.05, 4.69) is 5.10 Å². The molecule has 0 saturated carbocycles. The molecule has 0 bridgehead atoms. The van der Waals surface area contributed by atoms with Gasteiger partial charge in [-0.3, -0.25) is 4.79 Å². The Morgan fingerprint density at radius 1 is 1.37 bits per heavy atom. The maximum atomic E-state index is 11.8. The Bertz CT molecular complexity index is 972. The molecule has 0 aliphatic carbocycles. The lowest BCUT2D eigenvalue weighted by Crippen LogP contribution is -2.45. The van der Waals surface area contributed by atoms with Crippen molar-refractivity contribution in [2.24, 2.45) is 11.0 Å². The Morgan fingerprint density at radius 2 is 2.07 bits per heavy atom. The van der Waals surface area contributed by atoms with Crippen LogP contribution in [0.25, 0.3) is 10.4 Å². The molecule has 160 valence electrons. The fourth-order valence-corrected chi connectivity index (χ4v) is 4.82. The number of benzene rings is 1. The van der Waals surface area contributed by atoms with Crippen molar-refractivity contribution in [1.82, 2.24) is 4.90 Å². The van der Waals surface area contributed by atoms with Crippen molar-refractivity contribution in [3.8, 4) is 16.2 Å². The van der Waals surface area contributed by atoms with Crippen molar-refractivity contribution in [3.05, 3.63) is 33.6 Å². The van der Waals surface area contributed by atoms with Gasteiger partial charge >= 0.3 is 5.97 Å². The normalized spacial score (nSPS) is 14.9. The van der Waals surface area contributed by atoms with E-state index in [1.54, 1.807) is 41.7 Å². The number of nitrogens with zero attached hydrogens (tertiary/aromatic N) is 3. The predicted molar refractivity (Wildman–Crippen MR) is 127 cm³/mol. The van der Waals surface area contributed by atoms with Gasteiger partial charge in [0.2, 0.25) is 0 Å². The number of hydrogen-bond acceptors (Lipinski definition) is 6. The molecular weight excluding hydrogens is 465 g/mol. The molecule has 1 aromatic heterocycles. The van der Waals surface area contributed by atoms with Crippen molar-refractivity contribution in [3.63, 3.8) is 0 Å². The fraction of sp³-hybridized carbons (Fsp3) is 0.350. The SMILES string of the molecule is C/C=N/N(C(=S)N1CCC(C(=O)OC)CC1)c1csc(-c2ccc(Cl)c(Cl)c2)c1O. The number of thiocarbonyl (C=S) groups is 1. The van der Waals surface area contributed by atoms with Gasteiger partial charge in [0.05, 0.1) is 28.0 Å². The molecule has 0 spiro atoms. The van der Waals surface area contributed by atoms with E-state index in [-0.39, 0.29) is 17.6 Å². The summed E-state index contributed by atoms with van der Waals surface area (Å²) in [5.41, 5.74) is 1.24. The van der Waals surface area contributed by atoms with Gasteiger partial charge in [-0.15, -0.1) is 11.3 Å². The van der Waals surface area contributed by atoms with Crippen molar-refractivity contribution in [2.45, 2.75) is 19.8 Å². The van der Waals surface area contributed by atoms with Crippen LogP contribution in [0.15, 0.2) is 28.7 Å². The van der Waals surface area contributed by atoms with Gasteiger partial charge in [-0.25, -0.2) is 5.01 Å². The van der Waals surface area contributed by atoms with Crippen LogP contribution in [0, 0.1) is 5.92 Å². The Labute approximate surface area is 194 Å². The summed E-state index contributed by atoms with van der Waals surface area (Å²) in [6.07, 6.45) is 2.92. The van der Waals surface area contributed by atoms with Crippen LogP contribution in [0.2, 0.25) is 10.0 Å². The first kappa shape index (κ1) is 22.8. The molecule has 0 radical (unpaired) electrons. The van der Waals surface area contributed by atoms with E-state index in [0.29, 0.717) is 51.7 Å². The number of likely N-dealkylation sites (tertiary alicyclic amines) is 1. The van der Waals surface area contributed by atoms with Crippen molar-refractivity contribution >= 4 is 69.7 Å². The standard InChI is InChI=1S/C20H21Cl2N3O3S2/c1-3-23-25(20(29)24-8-6-12(7-9-24)19(27)28-2)16-11-30-18(17(16)26)13-4-5-14(21)15(22)10-13/h3-5,10-12,26H,6-9H2,1-2H3/b23-3+. The number of carbonyl (C=O) groups excluding carboxylic acids is 1. The quantitative estimate of drug-likeness (QED) is 0.270. The third kappa shape index (κ3) is 4.72. The van der Waals surface area contributed by atoms with Gasteiger partial charge in [0.1, 0.15) is 5.69 Å². The molecule has 2 heterocycles. The van der Waals surface area contributed by atoms with Crippen LogP contribution in [0.1, 0.15) is 19.8 Å². The van der Waals surface area contributed by atoms with E-state index < -0.39 is 0 Å². The van der Waals surface area contributed by atoms with Crippen LogP contribution < -0.4 is 5.01 Å². The molecule has 1 N–H and O–H groups in total. The molecule has 10 heteroatoms. The third-order valence-corrected chi connectivity index (χ3v) is 7.04. The number of ether oxygens (including phenoxy) is 1. The minimum absolute atomic E-state index is 0.0655. The summed E-state index contributed by atoms with van der Waals surface area (Å²) in [6.45, 7) is 3.00. The number of anilines is 1. The first-order valence-corrected chi connectivity index (χ1v) is 11.3. The molecule has 1 aliphatic rings. The smallest absolute Gasteiger partial charge is 0.308 e. The van der Waals surface area contributed by atoms with Gasteiger partial charge < -0.3 is 14.7 Å². The summed E-state index contributed by atoms with van der Waals surface area (Å²) in [4.78, 5) is 14.4. The van der Waals surface area contributed by atoms with Crippen LogP contribution >= 0.6 is 46.8 Å². The van der Waals surface area contributed by atoms with Crippen LogP contribution in [0.3, 0.4) is 0 Å². The molecule has 0 amide bonds. The van der Waals surface area contributed by atoms with Gasteiger partial charge in [-0.2, -0.15) is 5.10 Å². The van der Waals surface area contributed by atoms with Crippen LogP contribution in [-0.2, 0) is 9.53 Å². The molecule has 0 unspecified atom stereocenters. The molecule has 3 rings (SSSR count). The Hall–Kier alpha value is -1.87. The number of halogens is 2. The highest BCUT2D eigenvalue weighted by Gasteiger charge is 2.30. The van der Waals surface area contributed by atoms with Gasteiger partial charge in [0.15, 0.2) is 10.9 Å². The topological polar surface area (TPSA) is 65.4 Å². The molecule has 30 heavy (non-hydrogen) atoms. The van der Waals surface area contributed by atoms with E-state index in [4.69, 9.17) is 40.2 Å². The zero-order valence-electron chi connectivity index (χ0n) is 16.5. The van der Waals surface area contributed by atoms with E-state index in [1.165, 1.54) is 18.4 Å². The number of carbonyl (C=O) groups is 1. The first-order valence-electron chi connectivity index (χ1n) is 9.28. The summed E-state index contributed by atoms with van der Waals surface area (Å²) < 4.78 is 4.84. The highest BCUT2D eigenvalue weighted by Crippen LogP contribution is 2.45. The van der Waals surface area contributed by atoms with Crippen LogP contribution in [-0.4, -0.2) is 47.5 Å². The zero-order chi connectivity index (χ0) is 21.8. The second-order valence-electron chi connectivity index (χ2n) is 6.68. The molecule has 1 aliphatic heterocycles. The first-order chi connectivity index (χ1) is 14.4. The highest BCUT2D eigenvalue weighted by atomic mass is 35.5. The number of piperidine rings is 1. The van der Waals surface area contributed by atoms with Gasteiger partial charge in [0.25, 0.3) is 0 Å². The molecule has 2 aromatic rings. The number of esters is 1. The van der Waals surface area contributed by atoms with E-state index in [9.17, 15) is 9.90 Å². The highest BCUT2D eigenvalue weighted by molar-refractivity contribution is 7.80. The Balaban J connectivity index is 1.83. The summed E-state index contributed by atoms with van der Waals surface area (Å²) >= 11 is 19.2. The zero-order valence-corrected chi connectivity index (χ0v) is 19.6. The lowest BCUT2D eigenvalue weighted by atomic mass is 9.97. The molecule has 6 nitrogen and oxygen atoms in total. The largest absolute Gasteiger partial charge is 0.504 e. The fourth-order valence-electron chi connectivity index (χ4n) is 3.27. The van der Waals surface area contributed by atoms with Gasteiger partial charge in [-0.1, -0.05) is 29.3 Å². The Morgan fingerprint density at radius 3 is 2.67 bits per heavy atom. The molecule has 1 aromatic carbocycles. The van der Waals surface area contributed by atoms with E-state index in [0.717, 1.165) is 5.56 Å². The van der Waals surface area contributed by atoms with Crippen molar-refractivity contribution < 1.29 is 14.6 Å². The van der Waals surface area contributed by atoms with Gasteiger partial charge in [-0.05, 0) is 49.7 Å². The number of thiophene rings is 1. The van der Waals surface area contributed by atoms with Crippen LogP contribution in [0.4, 0.5) is 5.69 Å². The molecule has 1 saturated heterocycles. The lowest BCUT2D eigenvalue weighted by Gasteiger charge is -2.35. The molecular formula is C20H21Cl2N3O3S2. The van der Waals surface area contributed by atoms with Crippen LogP contribution in [0.5, 0.6) is 5.75 Å². The molecule has 1 fully saturated rings.